The first-order valence-electron chi connectivity index (χ1n) is 9.12. The first-order valence-corrected chi connectivity index (χ1v) is 9.12. The van der Waals surface area contributed by atoms with Gasteiger partial charge in [0.05, 0.1) is 19.8 Å². The molecule has 1 aromatic heterocycles. The molecule has 2 aromatic rings. The van der Waals surface area contributed by atoms with Crippen molar-refractivity contribution in [2.24, 2.45) is 0 Å². The summed E-state index contributed by atoms with van der Waals surface area (Å²) < 4.78 is 6.43. The highest BCUT2D eigenvalue weighted by Crippen LogP contribution is 2.31. The van der Waals surface area contributed by atoms with Gasteiger partial charge >= 0.3 is 0 Å². The molecule has 0 amide bonds. The number of ether oxygens (including phenoxy) is 1. The Labute approximate surface area is 155 Å². The lowest BCUT2D eigenvalue weighted by Crippen LogP contribution is -2.68. The smallest absolute Gasteiger partial charge is 0.225 e. The van der Waals surface area contributed by atoms with E-state index in [0.29, 0.717) is 19.1 Å². The molecule has 0 radical (unpaired) electrons. The number of aromatic nitrogens is 2. The molecule has 1 N–H and O–H groups in total. The first kappa shape index (κ1) is 18.8. The van der Waals surface area contributed by atoms with Crippen LogP contribution in [-0.4, -0.2) is 57.5 Å². The molecule has 1 aliphatic rings. The SMILES string of the molecule is CC(CO)N1C(C)CN(c2ncccn2)CC1(C)OCc1ccccc1. The zero-order valence-corrected chi connectivity index (χ0v) is 15.7. The maximum atomic E-state index is 9.77. The highest BCUT2D eigenvalue weighted by Gasteiger charge is 2.45. The number of nitrogens with zero attached hydrogens (tertiary/aromatic N) is 4. The van der Waals surface area contributed by atoms with E-state index in [2.05, 4.69) is 45.7 Å². The summed E-state index contributed by atoms with van der Waals surface area (Å²) in [5.41, 5.74) is 0.570. The van der Waals surface area contributed by atoms with Crippen LogP contribution >= 0.6 is 0 Å². The molecule has 6 heteroatoms. The molecule has 3 atom stereocenters. The molecule has 6 nitrogen and oxygen atoms in total. The van der Waals surface area contributed by atoms with E-state index in [9.17, 15) is 5.11 Å². The molecule has 3 unspecified atom stereocenters. The van der Waals surface area contributed by atoms with Crippen molar-refractivity contribution in [2.45, 2.75) is 45.2 Å². The molecule has 0 bridgehead atoms. The van der Waals surface area contributed by atoms with Gasteiger partial charge in [-0.1, -0.05) is 30.3 Å². The fraction of sp³-hybridized carbons (Fsp3) is 0.500. The van der Waals surface area contributed by atoms with Crippen LogP contribution in [0.15, 0.2) is 48.8 Å². The Morgan fingerprint density at radius 1 is 1.23 bits per heavy atom. The van der Waals surface area contributed by atoms with E-state index in [1.807, 2.05) is 31.2 Å². The molecule has 3 rings (SSSR count). The number of piperazine rings is 1. The van der Waals surface area contributed by atoms with E-state index < -0.39 is 5.72 Å². The summed E-state index contributed by atoms with van der Waals surface area (Å²) in [5, 5.41) is 9.77. The lowest BCUT2D eigenvalue weighted by molar-refractivity contribution is -0.188. The van der Waals surface area contributed by atoms with Gasteiger partial charge in [0.25, 0.3) is 0 Å². The standard InChI is InChI=1S/C20H28N4O2/c1-16-12-23(19-21-10-7-11-22-19)15-20(3,24(16)17(2)13-25)26-14-18-8-5-4-6-9-18/h4-11,16-17,25H,12-15H2,1-3H3. The van der Waals surface area contributed by atoms with Crippen LogP contribution in [0.4, 0.5) is 5.95 Å². The van der Waals surface area contributed by atoms with Crippen LogP contribution < -0.4 is 4.90 Å². The molecular formula is C20H28N4O2. The van der Waals surface area contributed by atoms with E-state index in [0.717, 1.165) is 12.1 Å². The van der Waals surface area contributed by atoms with E-state index >= 15 is 0 Å². The van der Waals surface area contributed by atoms with Gasteiger partial charge in [0.2, 0.25) is 5.95 Å². The van der Waals surface area contributed by atoms with Gasteiger partial charge in [0, 0.05) is 31.0 Å². The molecule has 1 aliphatic heterocycles. The van der Waals surface area contributed by atoms with Gasteiger partial charge in [-0.25, -0.2) is 9.97 Å². The second-order valence-electron chi connectivity index (χ2n) is 7.17. The van der Waals surface area contributed by atoms with Crippen molar-refractivity contribution >= 4 is 5.95 Å². The number of benzene rings is 1. The van der Waals surface area contributed by atoms with Crippen LogP contribution in [0.2, 0.25) is 0 Å². The average molecular weight is 356 g/mol. The largest absolute Gasteiger partial charge is 0.395 e. The molecule has 0 saturated carbocycles. The number of hydrogen-bond acceptors (Lipinski definition) is 6. The molecule has 1 aromatic carbocycles. The Kier molecular flexibility index (Phi) is 5.86. The van der Waals surface area contributed by atoms with Crippen molar-refractivity contribution in [3.8, 4) is 0 Å². The third kappa shape index (κ3) is 4.03. The highest BCUT2D eigenvalue weighted by atomic mass is 16.5. The summed E-state index contributed by atoms with van der Waals surface area (Å²) in [6.45, 7) is 8.32. The van der Waals surface area contributed by atoms with Crippen LogP contribution in [0.25, 0.3) is 0 Å². The minimum atomic E-state index is -0.561. The summed E-state index contributed by atoms with van der Waals surface area (Å²) >= 11 is 0. The Balaban J connectivity index is 1.84. The van der Waals surface area contributed by atoms with Gasteiger partial charge in [-0.15, -0.1) is 0 Å². The van der Waals surface area contributed by atoms with Gasteiger partial charge in [0.1, 0.15) is 5.72 Å². The lowest BCUT2D eigenvalue weighted by Gasteiger charge is -2.53. The van der Waals surface area contributed by atoms with Crippen molar-refractivity contribution in [3.05, 3.63) is 54.4 Å². The average Bonchev–Trinajstić information content (AvgIpc) is 2.67. The van der Waals surface area contributed by atoms with Crippen molar-refractivity contribution in [1.82, 2.24) is 14.9 Å². The van der Waals surface area contributed by atoms with Crippen molar-refractivity contribution < 1.29 is 9.84 Å². The summed E-state index contributed by atoms with van der Waals surface area (Å²) in [6, 6.07) is 12.2. The number of hydrogen-bond donors (Lipinski definition) is 1. The predicted octanol–water partition coefficient (Wildman–Crippen LogP) is 2.30. The molecule has 1 fully saturated rings. The van der Waals surface area contributed by atoms with Crippen molar-refractivity contribution in [2.75, 3.05) is 24.6 Å². The zero-order chi connectivity index (χ0) is 18.6. The fourth-order valence-corrected chi connectivity index (χ4v) is 3.90. The molecule has 2 heterocycles. The van der Waals surface area contributed by atoms with Crippen LogP contribution in [0.3, 0.4) is 0 Å². The number of aliphatic hydroxyl groups is 1. The van der Waals surface area contributed by atoms with Crippen LogP contribution in [-0.2, 0) is 11.3 Å². The Morgan fingerprint density at radius 3 is 2.58 bits per heavy atom. The van der Waals surface area contributed by atoms with E-state index in [-0.39, 0.29) is 18.7 Å². The van der Waals surface area contributed by atoms with E-state index in [1.165, 1.54) is 0 Å². The van der Waals surface area contributed by atoms with Gasteiger partial charge in [-0.2, -0.15) is 0 Å². The summed E-state index contributed by atoms with van der Waals surface area (Å²) in [5.74, 6) is 0.713. The van der Waals surface area contributed by atoms with E-state index in [1.54, 1.807) is 12.4 Å². The second kappa shape index (κ2) is 8.12. The molecule has 140 valence electrons. The van der Waals surface area contributed by atoms with Crippen molar-refractivity contribution in [1.29, 1.82) is 0 Å². The van der Waals surface area contributed by atoms with Crippen LogP contribution in [0.5, 0.6) is 0 Å². The number of anilines is 1. The number of rotatable bonds is 6. The maximum Gasteiger partial charge on any atom is 0.225 e. The van der Waals surface area contributed by atoms with Gasteiger partial charge < -0.3 is 14.7 Å². The maximum absolute atomic E-state index is 9.77. The highest BCUT2D eigenvalue weighted by molar-refractivity contribution is 5.31. The Morgan fingerprint density at radius 2 is 1.92 bits per heavy atom. The summed E-state index contributed by atoms with van der Waals surface area (Å²) in [7, 11) is 0. The topological polar surface area (TPSA) is 61.7 Å². The van der Waals surface area contributed by atoms with E-state index in [4.69, 9.17) is 4.74 Å². The minimum absolute atomic E-state index is 0.00427. The molecule has 26 heavy (non-hydrogen) atoms. The Bertz CT molecular complexity index is 685. The van der Waals surface area contributed by atoms with Crippen LogP contribution in [0.1, 0.15) is 26.3 Å². The van der Waals surface area contributed by atoms with Crippen LogP contribution in [0, 0.1) is 0 Å². The number of aliphatic hydroxyl groups excluding tert-OH is 1. The fourth-order valence-electron chi connectivity index (χ4n) is 3.90. The lowest BCUT2D eigenvalue weighted by atomic mass is 10.0. The second-order valence-corrected chi connectivity index (χ2v) is 7.17. The normalized spacial score (nSPS) is 25.2. The summed E-state index contributed by atoms with van der Waals surface area (Å²) in [4.78, 5) is 13.2. The van der Waals surface area contributed by atoms with Crippen molar-refractivity contribution in [3.63, 3.8) is 0 Å². The minimum Gasteiger partial charge on any atom is -0.395 e. The van der Waals surface area contributed by atoms with Gasteiger partial charge in [0.15, 0.2) is 0 Å². The molecular weight excluding hydrogens is 328 g/mol. The monoisotopic (exact) mass is 356 g/mol. The third-order valence-corrected chi connectivity index (χ3v) is 4.96. The molecule has 0 spiro atoms. The van der Waals surface area contributed by atoms with Gasteiger partial charge in [-0.3, -0.25) is 4.90 Å². The summed E-state index contributed by atoms with van der Waals surface area (Å²) in [6.07, 6.45) is 3.52. The quantitative estimate of drug-likeness (QED) is 0.857. The predicted molar refractivity (Wildman–Crippen MR) is 102 cm³/mol. The van der Waals surface area contributed by atoms with Gasteiger partial charge in [-0.05, 0) is 32.4 Å². The third-order valence-electron chi connectivity index (χ3n) is 4.96. The molecule has 1 saturated heterocycles. The zero-order valence-electron chi connectivity index (χ0n) is 15.7. The molecule has 0 aliphatic carbocycles. The Hall–Kier alpha value is -2.02. The first-order chi connectivity index (χ1) is 12.5.